The van der Waals surface area contributed by atoms with Gasteiger partial charge in [-0.05, 0) is 145 Å². The molecule has 0 N–H and O–H groups in total. The van der Waals surface area contributed by atoms with Gasteiger partial charge in [-0.1, -0.05) is 180 Å². The summed E-state index contributed by atoms with van der Waals surface area (Å²) in [5.74, 6) is 0. The average Bonchev–Trinajstić information content (AvgIpc) is 1.61. The zero-order valence-electron chi connectivity index (χ0n) is 76.4. The number of nitrogens with zero attached hydrogens (tertiary/aromatic N) is 16. The third-order valence-electron chi connectivity index (χ3n) is 21.8. The van der Waals surface area contributed by atoms with Crippen molar-refractivity contribution in [1.29, 1.82) is 0 Å². The van der Waals surface area contributed by atoms with Gasteiger partial charge in [-0.3, -0.25) is 14.0 Å². The Morgan fingerprint density at radius 1 is 0.287 bits per heavy atom. The molecule has 1 radical (unpaired) electrons. The van der Waals surface area contributed by atoms with Crippen molar-refractivity contribution in [2.75, 3.05) is 76.6 Å². The Balaban J connectivity index is 0.000000141. The van der Waals surface area contributed by atoms with Gasteiger partial charge in [0.2, 0.25) is 0 Å². The Bertz CT molecular complexity index is 6440. The van der Waals surface area contributed by atoms with Crippen molar-refractivity contribution in [2.24, 2.45) is 0 Å². The van der Waals surface area contributed by atoms with Crippen molar-refractivity contribution in [1.82, 2.24) is 43.6 Å². The second-order valence-corrected chi connectivity index (χ2v) is 31.7. The number of aromatic nitrogens is 6. The van der Waals surface area contributed by atoms with E-state index in [9.17, 15) is 0 Å². The van der Waals surface area contributed by atoms with Crippen LogP contribution in [-0.2, 0) is 77.9 Å². The summed E-state index contributed by atoms with van der Waals surface area (Å²) in [7, 11) is 12.5. The van der Waals surface area contributed by atoms with E-state index in [2.05, 4.69) is 389 Å². The number of rotatable bonds is 12. The summed E-state index contributed by atoms with van der Waals surface area (Å²) in [5, 5.41) is 12.5. The molecule has 136 heavy (non-hydrogen) atoms. The standard InChI is InChI=1S/C21H19N2.C20H16N2.2C16H14N2.C14H12N2.C11H11N2.2C9H7N2.4Rh/c1-23(2)16-22(20-10-6-7-11-21(20)23)19-14-12-18(13-15-19)17-8-4-3-5-9-17;1-21-15-22(20-10-6-5-9-19(20)21)18-13-11-17(12-14-18)16-7-3-2-4-8-16;2*1-17-11-12-18(13-17)16-9-7-15(8-10-16)14-5-3-2-4-6-14;1-15-11-16(12-7-3-2-4-8-12)14-10-6-5-9-13(14)15;1-9-8-10(2)13(12-9)11-6-4-3-5-7-11;2*1-2-5-9(6-3-1)11-8-4-7-10-11;;;;/h3-14,16H,1-2H3;2-13,15H,1H3;2*2-9,11-13H,1H3;2-7,9-11H,1H3;3-6,8H,1-2H3;2*1-5,7-8H;;;;/q-1;4*-2;3*-1;;3*+3. The van der Waals surface area contributed by atoms with Gasteiger partial charge in [-0.25, -0.2) is 0 Å². The summed E-state index contributed by atoms with van der Waals surface area (Å²) in [4.78, 5) is 18.9. The molecule has 0 saturated carbocycles. The average molecular weight is 2130 g/mol. The summed E-state index contributed by atoms with van der Waals surface area (Å²) in [6.07, 6.45) is 15.4. The van der Waals surface area contributed by atoms with Gasteiger partial charge in [-0.2, -0.15) is 218 Å². The maximum atomic E-state index is 4.37. The minimum Gasteiger partial charge on any atom is -0.510 e. The Kier molecular flexibility index (Phi) is 37.1. The Morgan fingerprint density at radius 3 is 0.934 bits per heavy atom. The van der Waals surface area contributed by atoms with Crippen LogP contribution in [0.1, 0.15) is 11.4 Å². The third kappa shape index (κ3) is 26.4. The van der Waals surface area contributed by atoms with Gasteiger partial charge in [0.15, 0.2) is 0 Å². The maximum absolute atomic E-state index is 4.37. The molecule has 23 rings (SSSR count). The van der Waals surface area contributed by atoms with Crippen LogP contribution < -0.4 is 38.8 Å². The van der Waals surface area contributed by atoms with Crippen molar-refractivity contribution in [3.63, 3.8) is 0 Å². The minimum atomic E-state index is 0. The zero-order valence-corrected chi connectivity index (χ0v) is 82.9. The molecule has 0 fully saturated rings. The molecule has 0 atom stereocenters. The minimum absolute atomic E-state index is 0. The van der Waals surface area contributed by atoms with Crippen LogP contribution in [-0.4, -0.2) is 81.4 Å². The second kappa shape index (κ2) is 49.9. The van der Waals surface area contributed by atoms with E-state index < -0.39 is 0 Å². The van der Waals surface area contributed by atoms with Crippen LogP contribution in [0.5, 0.6) is 0 Å². The molecule has 0 amide bonds. The van der Waals surface area contributed by atoms with Crippen LogP contribution in [0.25, 0.3) is 61.6 Å². The first kappa shape index (κ1) is 101. The van der Waals surface area contributed by atoms with Gasteiger partial charge in [0.25, 0.3) is 0 Å². The van der Waals surface area contributed by atoms with Gasteiger partial charge in [0, 0.05) is 86.8 Å². The normalized spacial score (nSPS) is 12.8. The molecule has 0 spiro atoms. The van der Waals surface area contributed by atoms with E-state index in [-0.39, 0.29) is 77.9 Å². The summed E-state index contributed by atoms with van der Waals surface area (Å²) >= 11 is 0. The van der Waals surface area contributed by atoms with Crippen LogP contribution in [0.3, 0.4) is 0 Å². The number of benzene rings is 15. The van der Waals surface area contributed by atoms with E-state index in [1.165, 1.54) is 78.6 Å². The Morgan fingerprint density at radius 2 is 0.610 bits per heavy atom. The Hall–Kier alpha value is -13.9. The molecule has 20 heteroatoms. The first-order chi connectivity index (χ1) is 64.7. The molecule has 5 aliphatic heterocycles. The smallest absolute Gasteiger partial charge is 0.510 e. The third-order valence-corrected chi connectivity index (χ3v) is 21.8. The number of hydrogen-bond acceptors (Lipinski definition) is 12. The quantitative estimate of drug-likeness (QED) is 0.0664. The monoisotopic (exact) mass is 2130 g/mol. The van der Waals surface area contributed by atoms with Gasteiger partial charge in [0.05, 0.1) is 11.4 Å². The van der Waals surface area contributed by atoms with E-state index >= 15 is 0 Å². The topological polar surface area (TPSA) is 82.6 Å². The predicted molar refractivity (Wildman–Crippen MR) is 541 cm³/mol. The van der Waals surface area contributed by atoms with Crippen LogP contribution in [0, 0.1) is 95.7 Å². The summed E-state index contributed by atoms with van der Waals surface area (Å²) in [6, 6.07) is 155. The molecule has 5 aliphatic rings. The molecule has 0 unspecified atom stereocenters. The van der Waals surface area contributed by atoms with Crippen LogP contribution in [0.2, 0.25) is 0 Å². The molecule has 683 valence electrons. The van der Waals surface area contributed by atoms with Crippen molar-refractivity contribution < 1.29 is 77.9 Å². The predicted octanol–water partition coefficient (Wildman–Crippen LogP) is 25.7. The first-order valence-electron chi connectivity index (χ1n) is 43.5. The van der Waals surface area contributed by atoms with E-state index in [1.807, 2.05) is 232 Å². The van der Waals surface area contributed by atoms with Crippen molar-refractivity contribution in [3.8, 4) is 61.6 Å². The molecule has 0 saturated heterocycles. The fourth-order valence-corrected chi connectivity index (χ4v) is 15.2. The summed E-state index contributed by atoms with van der Waals surface area (Å²) < 4.78 is 6.19. The number of para-hydroxylation sites is 10. The number of hydrogen-bond donors (Lipinski definition) is 0. The molecule has 8 heterocycles. The number of anilines is 10. The van der Waals surface area contributed by atoms with Crippen LogP contribution >= 0.6 is 0 Å². The molecular formula is C116H100N16Rh4-3. The number of aryl methyl sites for hydroxylation is 2. The first-order valence-corrected chi connectivity index (χ1v) is 43.5. The van der Waals surface area contributed by atoms with Gasteiger partial charge in [-0.15, -0.1) is 93.2 Å². The van der Waals surface area contributed by atoms with Gasteiger partial charge in [0.1, 0.15) is 5.69 Å². The van der Waals surface area contributed by atoms with E-state index in [4.69, 9.17) is 0 Å². The van der Waals surface area contributed by atoms with Crippen molar-refractivity contribution in [2.45, 2.75) is 13.8 Å². The molecule has 15 aromatic carbocycles. The fourth-order valence-electron chi connectivity index (χ4n) is 15.2. The molecule has 3 aromatic heterocycles. The van der Waals surface area contributed by atoms with Gasteiger partial charge < -0.3 is 48.6 Å². The SMILES string of the molecule is CN1C=CN(c2[c-]cc(-c3ccccc3)cc2)[CH-]1.CN1C=CN(c2[c-]cc(-c3ccccc3)cc2)[CH-]1.CN1[CH-]N(c2[c-]cc(-c3ccccc3)cc2)c2ccccc21.CN1[CH-]N(c2[c-]cccc2)c2ccccc21.C[N+]1(C)[CH-]N(c2[c-]cc(-c3ccccc3)cc2)c2ccccc21.Cc1cc(C)n(-c2[c-]cccc2)n1.[Rh+3].[Rh+3].[Rh+3].[Rh].[c-]1ccccc1-n1cccn1.[c-]1ccccc1-n1cccn1. The van der Waals surface area contributed by atoms with E-state index in [1.54, 1.807) is 21.8 Å². The second-order valence-electron chi connectivity index (χ2n) is 31.7. The van der Waals surface area contributed by atoms with E-state index in [0.29, 0.717) is 0 Å². The number of fused-ring (bicyclic) bond motifs is 3. The molecular weight excluding hydrogens is 2030 g/mol. The molecule has 18 aromatic rings. The fraction of sp³-hybridized carbons (Fsp3) is 0.0690. The Labute approximate surface area is 853 Å². The largest absolute Gasteiger partial charge is 3.00 e. The molecule has 0 aliphatic carbocycles. The summed E-state index contributed by atoms with van der Waals surface area (Å²) in [6.45, 7) is 14.5. The van der Waals surface area contributed by atoms with Crippen LogP contribution in [0.4, 0.5) is 62.6 Å². The van der Waals surface area contributed by atoms with Gasteiger partial charge >= 0.3 is 58.4 Å². The zero-order chi connectivity index (χ0) is 90.8. The summed E-state index contributed by atoms with van der Waals surface area (Å²) in [5.41, 5.74) is 27.4. The van der Waals surface area contributed by atoms with Crippen molar-refractivity contribution in [3.05, 3.63) is 525 Å². The van der Waals surface area contributed by atoms with Crippen LogP contribution in [0.15, 0.2) is 432 Å². The van der Waals surface area contributed by atoms with Crippen molar-refractivity contribution >= 4 is 62.6 Å². The molecule has 0 bridgehead atoms. The number of quaternary nitrogens is 1. The maximum Gasteiger partial charge on any atom is 3.00 e. The van der Waals surface area contributed by atoms with E-state index in [0.717, 1.165) is 61.4 Å². The molecule has 16 nitrogen and oxygen atoms in total.